The summed E-state index contributed by atoms with van der Waals surface area (Å²) in [5.74, 6) is -0.190. The Kier molecular flexibility index (Phi) is 8.60. The van der Waals surface area contributed by atoms with Crippen LogP contribution in [-0.4, -0.2) is 48.1 Å². The van der Waals surface area contributed by atoms with Gasteiger partial charge in [0.15, 0.2) is 0 Å². The number of thiazole rings is 1. The van der Waals surface area contributed by atoms with Crippen molar-refractivity contribution in [3.05, 3.63) is 45.4 Å². The van der Waals surface area contributed by atoms with Gasteiger partial charge >= 0.3 is 6.03 Å². The highest BCUT2D eigenvalue weighted by molar-refractivity contribution is 7.09. The zero-order valence-corrected chi connectivity index (χ0v) is 18.6. The van der Waals surface area contributed by atoms with Gasteiger partial charge < -0.3 is 20.3 Å². The Labute approximate surface area is 176 Å². The molecule has 158 valence electrons. The number of aryl methyl sites for hydroxylation is 2. The van der Waals surface area contributed by atoms with Gasteiger partial charge in [0, 0.05) is 30.8 Å². The number of anilines is 1. The SMILES string of the molecule is CC[C@H](C)NC(=O)c1csc(CN(CCOC)C(=O)Nc2c(C)cccc2C)n1. The lowest BCUT2D eigenvalue weighted by atomic mass is 10.1. The highest BCUT2D eigenvalue weighted by Gasteiger charge is 2.19. The van der Waals surface area contributed by atoms with Crippen LogP contribution in [0.3, 0.4) is 0 Å². The number of aromatic nitrogens is 1. The summed E-state index contributed by atoms with van der Waals surface area (Å²) in [5.41, 5.74) is 3.20. The van der Waals surface area contributed by atoms with E-state index in [0.29, 0.717) is 30.4 Å². The van der Waals surface area contributed by atoms with Crippen LogP contribution in [0.25, 0.3) is 0 Å². The second-order valence-electron chi connectivity index (χ2n) is 7.02. The van der Waals surface area contributed by atoms with Gasteiger partial charge in [-0.1, -0.05) is 25.1 Å². The molecule has 0 saturated carbocycles. The molecule has 2 N–H and O–H groups in total. The van der Waals surface area contributed by atoms with E-state index in [4.69, 9.17) is 4.74 Å². The lowest BCUT2D eigenvalue weighted by Crippen LogP contribution is -2.37. The zero-order valence-electron chi connectivity index (χ0n) is 17.7. The second kappa shape index (κ2) is 10.9. The van der Waals surface area contributed by atoms with Gasteiger partial charge in [-0.3, -0.25) is 4.79 Å². The van der Waals surface area contributed by atoms with Crippen molar-refractivity contribution in [2.75, 3.05) is 25.6 Å². The zero-order chi connectivity index (χ0) is 21.4. The standard InChI is InChI=1S/C21H30N4O3S/c1-6-16(4)22-20(26)17-13-29-18(23-17)12-25(10-11-28-5)21(27)24-19-14(2)8-7-9-15(19)3/h7-9,13,16H,6,10-12H2,1-5H3,(H,22,26)(H,24,27)/t16-/m0/s1. The number of para-hydroxylation sites is 1. The van der Waals surface area contributed by atoms with E-state index in [1.807, 2.05) is 45.9 Å². The molecule has 29 heavy (non-hydrogen) atoms. The van der Waals surface area contributed by atoms with E-state index >= 15 is 0 Å². The number of amides is 3. The Morgan fingerprint density at radius 2 is 1.97 bits per heavy atom. The molecule has 0 fully saturated rings. The molecule has 0 saturated heterocycles. The Balaban J connectivity index is 2.10. The van der Waals surface area contributed by atoms with E-state index < -0.39 is 0 Å². The Hall–Kier alpha value is -2.45. The summed E-state index contributed by atoms with van der Waals surface area (Å²) in [7, 11) is 1.60. The normalized spacial score (nSPS) is 11.8. The maximum Gasteiger partial charge on any atom is 0.322 e. The summed E-state index contributed by atoms with van der Waals surface area (Å²) >= 11 is 1.37. The minimum atomic E-state index is -0.222. The number of hydrogen-bond donors (Lipinski definition) is 2. The van der Waals surface area contributed by atoms with Crippen LogP contribution in [0.15, 0.2) is 23.6 Å². The molecule has 1 heterocycles. The average Bonchev–Trinajstić information content (AvgIpc) is 3.16. The second-order valence-corrected chi connectivity index (χ2v) is 7.96. The molecule has 0 unspecified atom stereocenters. The van der Waals surface area contributed by atoms with Crippen molar-refractivity contribution in [3.8, 4) is 0 Å². The molecule has 2 aromatic rings. The molecule has 3 amide bonds. The third-order valence-electron chi connectivity index (χ3n) is 4.67. The summed E-state index contributed by atoms with van der Waals surface area (Å²) in [4.78, 5) is 31.2. The number of benzene rings is 1. The molecule has 2 rings (SSSR count). The lowest BCUT2D eigenvalue weighted by molar-refractivity contribution is 0.0934. The van der Waals surface area contributed by atoms with Crippen LogP contribution in [-0.2, 0) is 11.3 Å². The van der Waals surface area contributed by atoms with E-state index in [2.05, 4.69) is 15.6 Å². The number of methoxy groups -OCH3 is 1. The Morgan fingerprint density at radius 1 is 1.28 bits per heavy atom. The van der Waals surface area contributed by atoms with Crippen LogP contribution in [0, 0.1) is 13.8 Å². The fourth-order valence-corrected chi connectivity index (χ4v) is 3.49. The molecule has 0 aliphatic heterocycles. The molecule has 0 spiro atoms. The molecule has 0 aliphatic carbocycles. The van der Waals surface area contributed by atoms with Gasteiger partial charge in [0.05, 0.1) is 13.2 Å². The predicted octanol–water partition coefficient (Wildman–Crippen LogP) is 3.97. The van der Waals surface area contributed by atoms with E-state index in [1.54, 1.807) is 17.4 Å². The molecular weight excluding hydrogens is 388 g/mol. The average molecular weight is 419 g/mol. The smallest absolute Gasteiger partial charge is 0.322 e. The van der Waals surface area contributed by atoms with E-state index in [9.17, 15) is 9.59 Å². The highest BCUT2D eigenvalue weighted by atomic mass is 32.1. The first kappa shape index (κ1) is 22.8. The largest absolute Gasteiger partial charge is 0.383 e. The topological polar surface area (TPSA) is 83.6 Å². The predicted molar refractivity (Wildman–Crippen MR) is 117 cm³/mol. The molecule has 1 aromatic heterocycles. The van der Waals surface area contributed by atoms with Crippen molar-refractivity contribution >= 4 is 29.0 Å². The number of ether oxygens (including phenoxy) is 1. The molecule has 1 atom stereocenters. The van der Waals surface area contributed by atoms with Crippen molar-refractivity contribution in [3.63, 3.8) is 0 Å². The van der Waals surface area contributed by atoms with Crippen LogP contribution >= 0.6 is 11.3 Å². The Bertz CT molecular complexity index is 817. The van der Waals surface area contributed by atoms with Gasteiger partial charge in [-0.2, -0.15) is 0 Å². The molecule has 0 aliphatic rings. The molecule has 8 heteroatoms. The fraction of sp³-hybridized carbons (Fsp3) is 0.476. The monoisotopic (exact) mass is 418 g/mol. The number of carbonyl (C=O) groups excluding carboxylic acids is 2. The summed E-state index contributed by atoms with van der Waals surface area (Å²) in [5, 5.41) is 8.34. The van der Waals surface area contributed by atoms with Gasteiger partial charge in [0.25, 0.3) is 5.91 Å². The first-order chi connectivity index (χ1) is 13.8. The summed E-state index contributed by atoms with van der Waals surface area (Å²) in [6, 6.07) is 5.76. The van der Waals surface area contributed by atoms with Crippen LogP contribution < -0.4 is 10.6 Å². The molecule has 7 nitrogen and oxygen atoms in total. The minimum absolute atomic E-state index is 0.0916. The van der Waals surface area contributed by atoms with Crippen LogP contribution in [0.2, 0.25) is 0 Å². The third-order valence-corrected chi connectivity index (χ3v) is 5.50. The van der Waals surface area contributed by atoms with Crippen LogP contribution in [0.4, 0.5) is 10.5 Å². The minimum Gasteiger partial charge on any atom is -0.383 e. The fourth-order valence-electron chi connectivity index (χ4n) is 2.70. The number of carbonyl (C=O) groups is 2. The van der Waals surface area contributed by atoms with Gasteiger partial charge in [0.2, 0.25) is 0 Å². The van der Waals surface area contributed by atoms with Crippen molar-refractivity contribution in [1.29, 1.82) is 0 Å². The van der Waals surface area contributed by atoms with Gasteiger partial charge in [0.1, 0.15) is 10.7 Å². The first-order valence-corrected chi connectivity index (χ1v) is 10.6. The number of rotatable bonds is 9. The van der Waals surface area contributed by atoms with Crippen molar-refractivity contribution in [2.45, 2.75) is 46.7 Å². The summed E-state index contributed by atoms with van der Waals surface area (Å²) in [6.45, 7) is 9.03. The van der Waals surface area contributed by atoms with Crippen molar-refractivity contribution < 1.29 is 14.3 Å². The quantitative estimate of drug-likeness (QED) is 0.645. The third kappa shape index (κ3) is 6.54. The summed E-state index contributed by atoms with van der Waals surface area (Å²) < 4.78 is 5.15. The molecule has 0 bridgehead atoms. The first-order valence-electron chi connectivity index (χ1n) is 9.72. The molecular formula is C21H30N4O3S. The molecule has 0 radical (unpaired) electrons. The number of urea groups is 1. The van der Waals surface area contributed by atoms with Crippen LogP contribution in [0.1, 0.15) is 46.9 Å². The van der Waals surface area contributed by atoms with Gasteiger partial charge in [-0.15, -0.1) is 11.3 Å². The van der Waals surface area contributed by atoms with E-state index in [0.717, 1.165) is 23.2 Å². The maximum atomic E-state index is 12.9. The molecule has 1 aromatic carbocycles. The highest BCUT2D eigenvalue weighted by Crippen LogP contribution is 2.21. The summed E-state index contributed by atoms with van der Waals surface area (Å²) in [6.07, 6.45) is 0.853. The van der Waals surface area contributed by atoms with E-state index in [1.165, 1.54) is 11.3 Å². The number of nitrogens with zero attached hydrogens (tertiary/aromatic N) is 2. The van der Waals surface area contributed by atoms with Crippen molar-refractivity contribution in [1.82, 2.24) is 15.2 Å². The van der Waals surface area contributed by atoms with Crippen LogP contribution in [0.5, 0.6) is 0 Å². The Morgan fingerprint density at radius 3 is 2.59 bits per heavy atom. The van der Waals surface area contributed by atoms with Crippen molar-refractivity contribution in [2.24, 2.45) is 0 Å². The van der Waals surface area contributed by atoms with E-state index in [-0.39, 0.29) is 18.0 Å². The number of nitrogens with one attached hydrogen (secondary N) is 2. The maximum absolute atomic E-state index is 12.9. The van der Waals surface area contributed by atoms with Gasteiger partial charge in [-0.25, -0.2) is 9.78 Å². The number of hydrogen-bond acceptors (Lipinski definition) is 5. The van der Waals surface area contributed by atoms with Gasteiger partial charge in [-0.05, 0) is 38.3 Å². The lowest BCUT2D eigenvalue weighted by Gasteiger charge is -2.23.